The van der Waals surface area contributed by atoms with Crippen molar-refractivity contribution in [3.05, 3.63) is 42.0 Å². The Kier molecular flexibility index (Phi) is 2.72. The summed E-state index contributed by atoms with van der Waals surface area (Å²) in [5.41, 5.74) is 6.88. The minimum Gasteiger partial charge on any atom is -0.367 e. The van der Waals surface area contributed by atoms with Gasteiger partial charge in [0, 0.05) is 24.3 Å². The predicted molar refractivity (Wildman–Crippen MR) is 60.9 cm³/mol. The molecule has 1 aliphatic heterocycles. The van der Waals surface area contributed by atoms with Crippen LogP contribution < -0.4 is 10.6 Å². The van der Waals surface area contributed by atoms with E-state index in [1.54, 1.807) is 6.07 Å². The number of nitrogens with zero attached hydrogens (tertiary/aromatic N) is 1. The lowest BCUT2D eigenvalue weighted by Crippen LogP contribution is -2.27. The number of hydrogen-bond donors (Lipinski definition) is 1. The van der Waals surface area contributed by atoms with Crippen molar-refractivity contribution in [3.63, 3.8) is 0 Å². The normalized spacial score (nSPS) is 15.3. The molecule has 0 saturated heterocycles. The van der Waals surface area contributed by atoms with Crippen LogP contribution in [-0.4, -0.2) is 19.0 Å². The lowest BCUT2D eigenvalue weighted by atomic mass is 10.1. The Hall–Kier alpha value is -1.77. The van der Waals surface area contributed by atoms with Gasteiger partial charge in [0.1, 0.15) is 0 Å². The maximum atomic E-state index is 11.0. The highest BCUT2D eigenvalue weighted by Crippen LogP contribution is 2.18. The van der Waals surface area contributed by atoms with Crippen LogP contribution in [0.15, 0.2) is 36.4 Å². The molecule has 3 nitrogen and oxygen atoms in total. The molecule has 1 aliphatic rings. The highest BCUT2D eigenvalue weighted by atomic mass is 16.1. The zero-order chi connectivity index (χ0) is 10.7. The van der Waals surface area contributed by atoms with Crippen LogP contribution in [0.25, 0.3) is 0 Å². The summed E-state index contributed by atoms with van der Waals surface area (Å²) < 4.78 is 0. The number of hydrogen-bond acceptors (Lipinski definition) is 2. The van der Waals surface area contributed by atoms with Crippen LogP contribution in [0.5, 0.6) is 0 Å². The van der Waals surface area contributed by atoms with E-state index in [4.69, 9.17) is 5.73 Å². The standard InChI is InChI=1S/C12H14N2O/c13-12(15)10-5-4-6-11(9-10)14-7-2-1-3-8-14/h1-2,4-6,9H,3,7-8H2,(H2,13,15). The van der Waals surface area contributed by atoms with E-state index in [9.17, 15) is 4.79 Å². The second-order valence-electron chi connectivity index (χ2n) is 3.62. The minimum atomic E-state index is -0.371. The van der Waals surface area contributed by atoms with Gasteiger partial charge in [0.25, 0.3) is 0 Å². The van der Waals surface area contributed by atoms with Crippen molar-refractivity contribution in [1.29, 1.82) is 0 Å². The molecule has 0 spiro atoms. The largest absolute Gasteiger partial charge is 0.367 e. The van der Waals surface area contributed by atoms with E-state index < -0.39 is 0 Å². The Bertz CT molecular complexity index is 398. The number of benzene rings is 1. The lowest BCUT2D eigenvalue weighted by Gasteiger charge is -2.25. The summed E-state index contributed by atoms with van der Waals surface area (Å²) in [7, 11) is 0. The van der Waals surface area contributed by atoms with Crippen molar-refractivity contribution >= 4 is 11.6 Å². The molecule has 1 heterocycles. The Morgan fingerprint density at radius 3 is 2.87 bits per heavy atom. The van der Waals surface area contributed by atoms with Gasteiger partial charge >= 0.3 is 0 Å². The molecule has 15 heavy (non-hydrogen) atoms. The predicted octanol–water partition coefficient (Wildman–Crippen LogP) is 1.55. The highest BCUT2D eigenvalue weighted by molar-refractivity contribution is 5.93. The van der Waals surface area contributed by atoms with E-state index in [0.717, 1.165) is 25.2 Å². The number of carbonyl (C=O) groups is 1. The molecule has 0 bridgehead atoms. The lowest BCUT2D eigenvalue weighted by molar-refractivity contribution is 0.100. The molecule has 0 fully saturated rings. The first-order valence-electron chi connectivity index (χ1n) is 5.07. The Balaban J connectivity index is 2.24. The second-order valence-corrected chi connectivity index (χ2v) is 3.62. The van der Waals surface area contributed by atoms with Crippen LogP contribution in [0.4, 0.5) is 5.69 Å². The van der Waals surface area contributed by atoms with Crippen LogP contribution in [0.2, 0.25) is 0 Å². The Labute approximate surface area is 89.2 Å². The molecule has 1 amide bonds. The van der Waals surface area contributed by atoms with E-state index in [-0.39, 0.29) is 5.91 Å². The molecule has 1 aromatic rings. The van der Waals surface area contributed by atoms with Crippen molar-refractivity contribution in [2.75, 3.05) is 18.0 Å². The molecule has 2 rings (SSSR count). The summed E-state index contributed by atoms with van der Waals surface area (Å²) in [6, 6.07) is 7.46. The molecule has 0 radical (unpaired) electrons. The van der Waals surface area contributed by atoms with Gasteiger partial charge in [-0.25, -0.2) is 0 Å². The fourth-order valence-corrected chi connectivity index (χ4v) is 1.73. The summed E-state index contributed by atoms with van der Waals surface area (Å²) in [5, 5.41) is 0. The number of rotatable bonds is 2. The molecule has 3 heteroatoms. The molecule has 78 valence electrons. The van der Waals surface area contributed by atoms with Crippen molar-refractivity contribution in [1.82, 2.24) is 0 Å². The van der Waals surface area contributed by atoms with Crippen LogP contribution in [0.1, 0.15) is 16.8 Å². The Morgan fingerprint density at radius 2 is 2.20 bits per heavy atom. The van der Waals surface area contributed by atoms with Gasteiger partial charge in [0.15, 0.2) is 0 Å². The number of amides is 1. The first-order valence-corrected chi connectivity index (χ1v) is 5.07. The van der Waals surface area contributed by atoms with Gasteiger partial charge < -0.3 is 10.6 Å². The van der Waals surface area contributed by atoms with Crippen molar-refractivity contribution in [3.8, 4) is 0 Å². The van der Waals surface area contributed by atoms with Crippen LogP contribution >= 0.6 is 0 Å². The Morgan fingerprint density at radius 1 is 1.33 bits per heavy atom. The number of primary amides is 1. The zero-order valence-electron chi connectivity index (χ0n) is 8.52. The van der Waals surface area contributed by atoms with Gasteiger partial charge in [0.05, 0.1) is 0 Å². The molecule has 2 N–H and O–H groups in total. The van der Waals surface area contributed by atoms with Gasteiger partial charge in [-0.2, -0.15) is 0 Å². The van der Waals surface area contributed by atoms with Gasteiger partial charge in [0.2, 0.25) is 5.91 Å². The molecule has 0 aromatic heterocycles. The average Bonchev–Trinajstić information content (AvgIpc) is 2.30. The van der Waals surface area contributed by atoms with E-state index in [1.807, 2.05) is 18.2 Å². The highest BCUT2D eigenvalue weighted by Gasteiger charge is 2.08. The molecule has 0 unspecified atom stereocenters. The summed E-state index contributed by atoms with van der Waals surface area (Å²) in [6.07, 6.45) is 5.37. The van der Waals surface area contributed by atoms with Gasteiger partial charge in [-0.05, 0) is 24.6 Å². The second kappa shape index (κ2) is 4.17. The fraction of sp³-hybridized carbons (Fsp3) is 0.250. The van der Waals surface area contributed by atoms with Gasteiger partial charge in [-0.15, -0.1) is 0 Å². The van der Waals surface area contributed by atoms with Crippen LogP contribution in [0.3, 0.4) is 0 Å². The molecule has 0 atom stereocenters. The van der Waals surface area contributed by atoms with Crippen molar-refractivity contribution in [2.24, 2.45) is 5.73 Å². The summed E-state index contributed by atoms with van der Waals surface area (Å²) in [6.45, 7) is 1.90. The molecule has 0 aliphatic carbocycles. The topological polar surface area (TPSA) is 46.3 Å². The number of carbonyl (C=O) groups excluding carboxylic acids is 1. The summed E-state index contributed by atoms with van der Waals surface area (Å²) in [4.78, 5) is 13.3. The van der Waals surface area contributed by atoms with Gasteiger partial charge in [-0.1, -0.05) is 18.2 Å². The minimum absolute atomic E-state index is 0.371. The molecule has 0 saturated carbocycles. The summed E-state index contributed by atoms with van der Waals surface area (Å²) >= 11 is 0. The van der Waals surface area contributed by atoms with Gasteiger partial charge in [-0.3, -0.25) is 4.79 Å². The van der Waals surface area contributed by atoms with Crippen molar-refractivity contribution in [2.45, 2.75) is 6.42 Å². The molecular formula is C12H14N2O. The average molecular weight is 202 g/mol. The first-order chi connectivity index (χ1) is 7.27. The van der Waals surface area contributed by atoms with E-state index in [2.05, 4.69) is 17.1 Å². The third kappa shape index (κ3) is 2.18. The van der Waals surface area contributed by atoms with Crippen LogP contribution in [-0.2, 0) is 0 Å². The third-order valence-corrected chi connectivity index (χ3v) is 2.55. The monoisotopic (exact) mass is 202 g/mol. The third-order valence-electron chi connectivity index (χ3n) is 2.55. The molecule has 1 aromatic carbocycles. The SMILES string of the molecule is NC(=O)c1cccc(N2CC=CCC2)c1. The maximum Gasteiger partial charge on any atom is 0.248 e. The van der Waals surface area contributed by atoms with E-state index in [0.29, 0.717) is 5.56 Å². The van der Waals surface area contributed by atoms with Crippen LogP contribution in [0, 0.1) is 0 Å². The first kappa shape index (κ1) is 9.77. The summed E-state index contributed by atoms with van der Waals surface area (Å²) in [5.74, 6) is -0.371. The van der Waals surface area contributed by atoms with E-state index >= 15 is 0 Å². The van der Waals surface area contributed by atoms with E-state index in [1.165, 1.54) is 0 Å². The maximum absolute atomic E-state index is 11.0. The molecular weight excluding hydrogens is 188 g/mol. The zero-order valence-corrected chi connectivity index (χ0v) is 8.52. The smallest absolute Gasteiger partial charge is 0.248 e. The number of nitrogens with two attached hydrogens (primary N) is 1. The fourth-order valence-electron chi connectivity index (χ4n) is 1.73. The quantitative estimate of drug-likeness (QED) is 0.740. The number of anilines is 1. The van der Waals surface area contributed by atoms with Crippen molar-refractivity contribution < 1.29 is 4.79 Å².